The number of aryl methyl sites for hydroxylation is 2. The number of azo groups is 2. The number of phenols is 2. The van der Waals surface area contributed by atoms with E-state index in [1.807, 2.05) is 0 Å². The third-order valence-corrected chi connectivity index (χ3v) is 9.94. The average molecular weight is 938 g/mol. The van der Waals surface area contributed by atoms with Crippen molar-refractivity contribution in [3.8, 4) is 11.5 Å². The zero-order chi connectivity index (χ0) is 40.9. The fraction of sp³-hybridized carbons (Fsp3) is 0.111. The van der Waals surface area contributed by atoms with Gasteiger partial charge in [-0.05, 0) is 84.3 Å². The summed E-state index contributed by atoms with van der Waals surface area (Å²) in [6.45, 7) is 3.54. The normalized spacial score (nSPS) is 11.7. The minimum Gasteiger partial charge on any atom is -0.744 e. The van der Waals surface area contributed by atoms with Gasteiger partial charge in [0.25, 0.3) is 11.4 Å². The number of rotatable bonds is 10. The molecule has 0 aliphatic heterocycles. The SMILES string of the molecule is CCc1cc(N=Nc2c(O)ccc3ccc(S(=O)(=O)[O-])cc23)ccc1[N+](=O)[O-].CCc1cc(N=Nc2c(O)ccc3ccc(S(=O)(=O)[O-])cc23)ccc1[N+](=O)[O-].[Ba+2]. The summed E-state index contributed by atoms with van der Waals surface area (Å²) in [4.78, 5) is 20.2. The van der Waals surface area contributed by atoms with Gasteiger partial charge in [-0.2, -0.15) is 10.2 Å². The predicted octanol–water partition coefficient (Wildman–Crippen LogP) is 8.29. The largest absolute Gasteiger partial charge is 2.00 e. The van der Waals surface area contributed by atoms with E-state index in [1.165, 1.54) is 72.8 Å². The van der Waals surface area contributed by atoms with Crippen molar-refractivity contribution in [1.29, 1.82) is 0 Å². The average Bonchev–Trinajstić information content (AvgIpc) is 3.15. The van der Waals surface area contributed by atoms with Crippen molar-refractivity contribution < 1.29 is 46.0 Å². The number of aromatic hydroxyl groups is 2. The first-order chi connectivity index (χ1) is 26.4. The molecule has 0 atom stereocenters. The van der Waals surface area contributed by atoms with E-state index in [2.05, 4.69) is 20.5 Å². The van der Waals surface area contributed by atoms with Crippen LogP contribution in [0.15, 0.2) is 127 Å². The quantitative estimate of drug-likeness (QED) is 0.0431. The molecule has 0 aliphatic rings. The van der Waals surface area contributed by atoms with Gasteiger partial charge in [0.1, 0.15) is 43.1 Å². The Balaban J connectivity index is 0.000000248. The number of hydrogen-bond acceptors (Lipinski definition) is 16. The molecule has 0 radical (unpaired) electrons. The minimum absolute atomic E-state index is 0. The van der Waals surface area contributed by atoms with Crippen LogP contribution in [0.3, 0.4) is 0 Å². The molecule has 6 rings (SSSR count). The zero-order valence-corrected chi connectivity index (χ0v) is 35.9. The van der Waals surface area contributed by atoms with E-state index in [4.69, 9.17) is 0 Å². The number of phenolic OH excluding ortho intramolecular Hbond substituents is 2. The van der Waals surface area contributed by atoms with Crippen molar-refractivity contribution in [2.45, 2.75) is 36.5 Å². The van der Waals surface area contributed by atoms with Gasteiger partial charge < -0.3 is 19.3 Å². The molecule has 21 heteroatoms. The third-order valence-electron chi connectivity index (χ3n) is 8.28. The molecule has 6 aromatic carbocycles. The smallest absolute Gasteiger partial charge is 0.744 e. The molecule has 0 aliphatic carbocycles. The molecule has 288 valence electrons. The van der Waals surface area contributed by atoms with Gasteiger partial charge in [0.2, 0.25) is 0 Å². The molecule has 0 unspecified atom stereocenters. The number of nitro benzene ring substituents is 2. The summed E-state index contributed by atoms with van der Waals surface area (Å²) in [6.07, 6.45) is 0.841. The first-order valence-corrected chi connectivity index (χ1v) is 19.0. The van der Waals surface area contributed by atoms with Crippen LogP contribution >= 0.6 is 0 Å². The summed E-state index contributed by atoms with van der Waals surface area (Å²) >= 11 is 0. The van der Waals surface area contributed by atoms with E-state index in [0.29, 0.717) is 46.1 Å². The minimum atomic E-state index is -4.68. The molecule has 6 aromatic rings. The summed E-state index contributed by atoms with van der Waals surface area (Å²) in [5.74, 6) is -0.511. The molecule has 57 heavy (non-hydrogen) atoms. The molecule has 2 N–H and O–H groups in total. The van der Waals surface area contributed by atoms with Crippen molar-refractivity contribution >= 4 is 125 Å². The zero-order valence-electron chi connectivity index (χ0n) is 29.8. The third kappa shape index (κ3) is 10.6. The van der Waals surface area contributed by atoms with Gasteiger partial charge in [-0.15, -0.1) is 10.2 Å². The van der Waals surface area contributed by atoms with Gasteiger partial charge in [-0.3, -0.25) is 20.2 Å². The van der Waals surface area contributed by atoms with Crippen LogP contribution in [0.2, 0.25) is 0 Å². The number of hydrogen-bond donors (Lipinski definition) is 2. The second-order valence-electron chi connectivity index (χ2n) is 11.8. The van der Waals surface area contributed by atoms with Crippen LogP contribution < -0.4 is 0 Å². The summed E-state index contributed by atoms with van der Waals surface area (Å²) in [5, 5.41) is 59.8. The van der Waals surface area contributed by atoms with E-state index in [0.717, 1.165) is 12.1 Å². The van der Waals surface area contributed by atoms with Crippen LogP contribution in [-0.4, -0.2) is 94.9 Å². The summed E-state index contributed by atoms with van der Waals surface area (Å²) < 4.78 is 67.7. The number of benzene rings is 6. The molecular weight excluding hydrogens is 910 g/mol. The molecule has 0 amide bonds. The second-order valence-corrected chi connectivity index (χ2v) is 14.5. The van der Waals surface area contributed by atoms with Crippen LogP contribution in [-0.2, 0) is 33.1 Å². The molecule has 0 aromatic heterocycles. The first-order valence-electron chi connectivity index (χ1n) is 16.2. The van der Waals surface area contributed by atoms with Crippen molar-refractivity contribution in [2.75, 3.05) is 0 Å². The topological polar surface area (TPSA) is 291 Å². The maximum Gasteiger partial charge on any atom is 2.00 e. The molecule has 0 heterocycles. The molecule has 0 bridgehead atoms. The molecule has 18 nitrogen and oxygen atoms in total. The fourth-order valence-electron chi connectivity index (χ4n) is 5.47. The van der Waals surface area contributed by atoms with Gasteiger partial charge in [0.05, 0.1) is 31.0 Å². The van der Waals surface area contributed by atoms with Gasteiger partial charge in [0.15, 0.2) is 0 Å². The Morgan fingerprint density at radius 2 is 0.895 bits per heavy atom. The van der Waals surface area contributed by atoms with E-state index in [1.54, 1.807) is 26.0 Å². The fourth-order valence-corrected chi connectivity index (χ4v) is 6.46. The van der Waals surface area contributed by atoms with Crippen LogP contribution in [0, 0.1) is 20.2 Å². The molecule has 0 fully saturated rings. The van der Waals surface area contributed by atoms with Crippen LogP contribution in [0.5, 0.6) is 11.5 Å². The maximum absolute atomic E-state index is 11.3. The summed E-state index contributed by atoms with van der Waals surface area (Å²) in [5.41, 5.74) is 1.52. The van der Waals surface area contributed by atoms with Gasteiger partial charge in [-0.1, -0.05) is 38.1 Å². The number of fused-ring (bicyclic) bond motifs is 2. The number of nitrogens with zero attached hydrogens (tertiary/aromatic N) is 6. The molecule has 0 spiro atoms. The first kappa shape index (κ1) is 44.5. The van der Waals surface area contributed by atoms with Crippen molar-refractivity contribution in [2.24, 2.45) is 20.5 Å². The second kappa shape index (κ2) is 18.4. The number of nitro groups is 2. The Bertz CT molecular complexity index is 2640. The molecule has 0 saturated heterocycles. The summed E-state index contributed by atoms with van der Waals surface area (Å²) in [6, 6.07) is 21.8. The van der Waals surface area contributed by atoms with E-state index in [9.17, 15) is 56.4 Å². The van der Waals surface area contributed by atoms with Crippen molar-refractivity contribution in [1.82, 2.24) is 0 Å². The van der Waals surface area contributed by atoms with Crippen LogP contribution in [0.25, 0.3) is 21.5 Å². The van der Waals surface area contributed by atoms with Gasteiger partial charge in [0, 0.05) is 34.0 Å². The molecule has 0 saturated carbocycles. The van der Waals surface area contributed by atoms with E-state index in [-0.39, 0.29) is 93.9 Å². The standard InChI is InChI=1S/2C18H15N3O6S.Ba/c2*1-2-11-9-13(5-7-16(11)21(23)24)19-20-18-15-10-14(28(25,26)27)6-3-12(15)4-8-17(18)22;/h2*3-10,22H,2H2,1H3,(H,25,26,27);/q;;+2/p-2. The monoisotopic (exact) mass is 938 g/mol. The molecular formula is C36H28BaN6O12S2. The Morgan fingerprint density at radius 1 is 0.544 bits per heavy atom. The van der Waals surface area contributed by atoms with Crippen molar-refractivity contribution in [3.63, 3.8) is 0 Å². The van der Waals surface area contributed by atoms with Gasteiger partial charge in [-0.25, -0.2) is 16.8 Å². The van der Waals surface area contributed by atoms with E-state index < -0.39 is 39.9 Å². The Morgan fingerprint density at radius 3 is 1.21 bits per heavy atom. The maximum atomic E-state index is 11.3. The van der Waals surface area contributed by atoms with Crippen LogP contribution in [0.4, 0.5) is 34.1 Å². The Hall–Kier alpha value is -5.17. The Labute approximate surface area is 364 Å². The van der Waals surface area contributed by atoms with Gasteiger partial charge >= 0.3 is 48.9 Å². The predicted molar refractivity (Wildman–Crippen MR) is 206 cm³/mol. The van der Waals surface area contributed by atoms with E-state index >= 15 is 0 Å². The Kier molecular flexibility index (Phi) is 14.4. The van der Waals surface area contributed by atoms with Crippen LogP contribution in [0.1, 0.15) is 25.0 Å². The van der Waals surface area contributed by atoms with Crippen molar-refractivity contribution in [3.05, 3.63) is 128 Å². The summed E-state index contributed by atoms with van der Waals surface area (Å²) in [7, 11) is -9.36.